The monoisotopic (exact) mass is 266 g/mol. The van der Waals surface area contributed by atoms with Gasteiger partial charge in [-0.2, -0.15) is 5.26 Å². The smallest absolute Gasteiger partial charge is 0.118 e. The van der Waals surface area contributed by atoms with E-state index >= 15 is 0 Å². The van der Waals surface area contributed by atoms with E-state index in [-0.39, 0.29) is 6.04 Å². The van der Waals surface area contributed by atoms with Crippen LogP contribution < -0.4 is 10.1 Å². The highest BCUT2D eigenvalue weighted by molar-refractivity contribution is 5.37. The molecule has 0 aliphatic carbocycles. The zero-order valence-electron chi connectivity index (χ0n) is 11.8. The Morgan fingerprint density at radius 1 is 1.15 bits per heavy atom. The Morgan fingerprint density at radius 2 is 1.85 bits per heavy atom. The zero-order valence-corrected chi connectivity index (χ0v) is 11.8. The van der Waals surface area contributed by atoms with Gasteiger partial charge in [0.25, 0.3) is 0 Å². The summed E-state index contributed by atoms with van der Waals surface area (Å²) in [5.41, 5.74) is 2.94. The van der Waals surface area contributed by atoms with Crippen molar-refractivity contribution in [2.24, 2.45) is 0 Å². The second kappa shape index (κ2) is 6.74. The van der Waals surface area contributed by atoms with Gasteiger partial charge in [-0.25, -0.2) is 0 Å². The lowest BCUT2D eigenvalue weighted by atomic mass is 10.1. The van der Waals surface area contributed by atoms with Crippen molar-refractivity contribution in [2.45, 2.75) is 19.5 Å². The van der Waals surface area contributed by atoms with Crippen LogP contribution in [0, 0.1) is 11.3 Å². The highest BCUT2D eigenvalue weighted by atomic mass is 16.5. The number of nitriles is 1. The number of rotatable bonds is 5. The van der Waals surface area contributed by atoms with Crippen LogP contribution >= 0.6 is 0 Å². The second-order valence-corrected chi connectivity index (χ2v) is 4.64. The standard InChI is InChI=1S/C17H18N2O/c1-13(14-7-9-17(20-2)10-8-14)19-12-16-6-4-3-5-15(16)11-18/h3-10,13,19H,12H2,1-2H3/t13-/m0/s1. The lowest BCUT2D eigenvalue weighted by molar-refractivity contribution is 0.414. The van der Waals surface area contributed by atoms with Crippen molar-refractivity contribution >= 4 is 0 Å². The first-order valence-corrected chi connectivity index (χ1v) is 6.60. The molecule has 0 aliphatic rings. The fraction of sp³-hybridized carbons (Fsp3) is 0.235. The van der Waals surface area contributed by atoms with Crippen LogP contribution in [0.25, 0.3) is 0 Å². The predicted molar refractivity (Wildman–Crippen MR) is 79.4 cm³/mol. The third-order valence-corrected chi connectivity index (χ3v) is 3.35. The molecule has 2 aromatic rings. The summed E-state index contributed by atoms with van der Waals surface area (Å²) in [6.07, 6.45) is 0. The van der Waals surface area contributed by atoms with Crippen molar-refractivity contribution in [3.05, 3.63) is 65.2 Å². The molecule has 0 amide bonds. The molecule has 0 aliphatic heterocycles. The van der Waals surface area contributed by atoms with Crippen molar-refractivity contribution < 1.29 is 4.74 Å². The van der Waals surface area contributed by atoms with Gasteiger partial charge in [0.1, 0.15) is 5.75 Å². The number of benzene rings is 2. The summed E-state index contributed by atoms with van der Waals surface area (Å²) >= 11 is 0. The summed E-state index contributed by atoms with van der Waals surface area (Å²) in [6.45, 7) is 2.79. The number of ether oxygens (including phenoxy) is 1. The van der Waals surface area contributed by atoms with Crippen LogP contribution in [0.2, 0.25) is 0 Å². The Hall–Kier alpha value is -2.31. The van der Waals surface area contributed by atoms with Gasteiger partial charge in [0.15, 0.2) is 0 Å². The number of nitrogens with zero attached hydrogens (tertiary/aromatic N) is 1. The second-order valence-electron chi connectivity index (χ2n) is 4.64. The van der Waals surface area contributed by atoms with Crippen molar-refractivity contribution in [2.75, 3.05) is 7.11 Å². The maximum absolute atomic E-state index is 9.07. The number of nitrogens with one attached hydrogen (secondary N) is 1. The minimum atomic E-state index is 0.215. The van der Waals surface area contributed by atoms with Gasteiger partial charge >= 0.3 is 0 Å². The molecule has 1 atom stereocenters. The molecule has 0 aromatic heterocycles. The van der Waals surface area contributed by atoms with Crippen LogP contribution in [0.1, 0.15) is 29.7 Å². The van der Waals surface area contributed by atoms with Crippen LogP contribution in [0.5, 0.6) is 5.75 Å². The summed E-state index contributed by atoms with van der Waals surface area (Å²) in [7, 11) is 1.66. The molecule has 0 unspecified atom stereocenters. The molecule has 2 aromatic carbocycles. The summed E-state index contributed by atoms with van der Waals surface area (Å²) in [4.78, 5) is 0. The fourth-order valence-electron chi connectivity index (χ4n) is 2.06. The van der Waals surface area contributed by atoms with E-state index in [0.717, 1.165) is 16.9 Å². The predicted octanol–water partition coefficient (Wildman–Crippen LogP) is 3.42. The molecule has 0 radical (unpaired) electrons. The summed E-state index contributed by atoms with van der Waals surface area (Å²) in [6, 6.07) is 18.1. The van der Waals surface area contributed by atoms with E-state index in [1.807, 2.05) is 48.5 Å². The molecule has 0 heterocycles. The van der Waals surface area contributed by atoms with E-state index in [0.29, 0.717) is 6.54 Å². The van der Waals surface area contributed by atoms with E-state index in [2.05, 4.69) is 18.3 Å². The van der Waals surface area contributed by atoms with Crippen LogP contribution in [0.4, 0.5) is 0 Å². The lowest BCUT2D eigenvalue weighted by Gasteiger charge is -2.15. The van der Waals surface area contributed by atoms with E-state index in [1.165, 1.54) is 5.56 Å². The van der Waals surface area contributed by atoms with Crippen molar-refractivity contribution in [1.82, 2.24) is 5.32 Å². The molecule has 20 heavy (non-hydrogen) atoms. The Bertz CT molecular complexity index is 599. The Balaban J connectivity index is 2.01. The largest absolute Gasteiger partial charge is 0.497 e. The Morgan fingerprint density at radius 3 is 2.50 bits per heavy atom. The number of hydrogen-bond donors (Lipinski definition) is 1. The van der Waals surface area contributed by atoms with Gasteiger partial charge in [0, 0.05) is 12.6 Å². The molecule has 2 rings (SSSR count). The highest BCUT2D eigenvalue weighted by Crippen LogP contribution is 2.18. The van der Waals surface area contributed by atoms with Crippen LogP contribution in [-0.2, 0) is 6.54 Å². The Labute approximate surface area is 119 Å². The SMILES string of the molecule is COc1ccc([C@H](C)NCc2ccccc2C#N)cc1. The normalized spacial score (nSPS) is 11.7. The summed E-state index contributed by atoms with van der Waals surface area (Å²) in [5.74, 6) is 0.857. The van der Waals surface area contributed by atoms with Crippen molar-refractivity contribution in [1.29, 1.82) is 5.26 Å². The minimum Gasteiger partial charge on any atom is -0.497 e. The third-order valence-electron chi connectivity index (χ3n) is 3.35. The fourth-order valence-corrected chi connectivity index (χ4v) is 2.06. The van der Waals surface area contributed by atoms with Gasteiger partial charge < -0.3 is 10.1 Å². The van der Waals surface area contributed by atoms with Crippen LogP contribution in [0.15, 0.2) is 48.5 Å². The van der Waals surface area contributed by atoms with E-state index in [9.17, 15) is 0 Å². The molecule has 3 heteroatoms. The third kappa shape index (κ3) is 3.37. The van der Waals surface area contributed by atoms with E-state index in [4.69, 9.17) is 10.00 Å². The highest BCUT2D eigenvalue weighted by Gasteiger charge is 2.06. The molecular weight excluding hydrogens is 248 g/mol. The van der Waals surface area contributed by atoms with Gasteiger partial charge in [-0.15, -0.1) is 0 Å². The first-order chi connectivity index (χ1) is 9.74. The van der Waals surface area contributed by atoms with Crippen molar-refractivity contribution in [3.63, 3.8) is 0 Å². The molecule has 3 nitrogen and oxygen atoms in total. The van der Waals surface area contributed by atoms with Gasteiger partial charge in [-0.3, -0.25) is 0 Å². The maximum Gasteiger partial charge on any atom is 0.118 e. The van der Waals surface area contributed by atoms with Gasteiger partial charge in [-0.1, -0.05) is 30.3 Å². The molecule has 0 spiro atoms. The Kier molecular flexibility index (Phi) is 4.75. The molecule has 1 N–H and O–H groups in total. The average molecular weight is 266 g/mol. The van der Waals surface area contributed by atoms with Gasteiger partial charge in [-0.05, 0) is 36.2 Å². The van der Waals surface area contributed by atoms with Crippen LogP contribution in [-0.4, -0.2) is 7.11 Å². The van der Waals surface area contributed by atoms with Gasteiger partial charge in [0.05, 0.1) is 18.7 Å². The topological polar surface area (TPSA) is 45.0 Å². The quantitative estimate of drug-likeness (QED) is 0.902. The average Bonchev–Trinajstić information content (AvgIpc) is 2.53. The first-order valence-electron chi connectivity index (χ1n) is 6.60. The zero-order chi connectivity index (χ0) is 14.4. The minimum absolute atomic E-state index is 0.215. The molecule has 0 saturated carbocycles. The van der Waals surface area contributed by atoms with E-state index in [1.54, 1.807) is 7.11 Å². The number of methoxy groups -OCH3 is 1. The van der Waals surface area contributed by atoms with Gasteiger partial charge in [0.2, 0.25) is 0 Å². The van der Waals surface area contributed by atoms with Crippen LogP contribution in [0.3, 0.4) is 0 Å². The van der Waals surface area contributed by atoms with E-state index < -0.39 is 0 Å². The first kappa shape index (κ1) is 14.1. The molecule has 0 saturated heterocycles. The number of hydrogen-bond acceptors (Lipinski definition) is 3. The molecular formula is C17H18N2O. The van der Waals surface area contributed by atoms with Crippen molar-refractivity contribution in [3.8, 4) is 11.8 Å². The lowest BCUT2D eigenvalue weighted by Crippen LogP contribution is -2.18. The molecule has 0 bridgehead atoms. The summed E-state index contributed by atoms with van der Waals surface area (Å²) in [5, 5.41) is 12.5. The molecule has 102 valence electrons. The maximum atomic E-state index is 9.07. The molecule has 0 fully saturated rings. The summed E-state index contributed by atoms with van der Waals surface area (Å²) < 4.78 is 5.15.